The minimum Gasteiger partial charge on any atom is -0.459 e. The summed E-state index contributed by atoms with van der Waals surface area (Å²) in [6.07, 6.45) is 2.67. The molecule has 0 saturated carbocycles. The fraction of sp³-hybridized carbons (Fsp3) is 0.438. The Hall–Kier alpha value is -1.79. The Bertz CT molecular complexity index is 428. The van der Waals surface area contributed by atoms with Gasteiger partial charge in [-0.05, 0) is 18.6 Å². The van der Waals surface area contributed by atoms with Crippen LogP contribution in [0.5, 0.6) is 0 Å². The molecule has 0 aliphatic rings. The maximum Gasteiger partial charge on any atom is 0.338 e. The number of unbranched alkanes of at least 4 members (excludes halogenated alkanes) is 2. The first kappa shape index (κ1) is 15.3. The third-order valence-corrected chi connectivity index (χ3v) is 2.53. The lowest BCUT2D eigenvalue weighted by Crippen LogP contribution is -2.18. The fourth-order valence-electron chi connectivity index (χ4n) is 1.43. The van der Waals surface area contributed by atoms with Gasteiger partial charge in [-0.15, -0.1) is 11.8 Å². The highest BCUT2D eigenvalue weighted by atomic mass is 16.5. The topological polar surface area (TPSA) is 46.5 Å². The molecule has 1 aromatic rings. The second-order valence-electron chi connectivity index (χ2n) is 4.28. The molecule has 0 aromatic heterocycles. The number of carbonyl (C=O) groups is 1. The van der Waals surface area contributed by atoms with Crippen molar-refractivity contribution >= 4 is 5.97 Å². The first-order chi connectivity index (χ1) is 9.24. The van der Waals surface area contributed by atoms with Crippen LogP contribution in [-0.4, -0.2) is 23.8 Å². The van der Waals surface area contributed by atoms with Gasteiger partial charge in [0.15, 0.2) is 0 Å². The van der Waals surface area contributed by atoms with E-state index in [0.29, 0.717) is 12.0 Å². The summed E-state index contributed by atoms with van der Waals surface area (Å²) in [6.45, 7) is 2.09. The third kappa shape index (κ3) is 6.64. The van der Waals surface area contributed by atoms with Gasteiger partial charge in [-0.2, -0.15) is 0 Å². The van der Waals surface area contributed by atoms with Gasteiger partial charge in [0.2, 0.25) is 0 Å². The fourth-order valence-corrected chi connectivity index (χ4v) is 1.43. The Balaban J connectivity index is 2.24. The van der Waals surface area contributed by atoms with Crippen LogP contribution in [0.3, 0.4) is 0 Å². The Morgan fingerprint density at radius 3 is 2.74 bits per heavy atom. The highest BCUT2D eigenvalue weighted by Gasteiger charge is 2.09. The van der Waals surface area contributed by atoms with Gasteiger partial charge in [0, 0.05) is 12.8 Å². The van der Waals surface area contributed by atoms with Crippen LogP contribution in [0.1, 0.15) is 43.0 Å². The third-order valence-electron chi connectivity index (χ3n) is 2.53. The number of rotatable bonds is 6. The summed E-state index contributed by atoms with van der Waals surface area (Å²) >= 11 is 0. The average molecular weight is 260 g/mol. The zero-order chi connectivity index (χ0) is 13.9. The van der Waals surface area contributed by atoms with E-state index in [1.807, 2.05) is 6.07 Å². The largest absolute Gasteiger partial charge is 0.459 e. The van der Waals surface area contributed by atoms with Crippen molar-refractivity contribution in [3.8, 4) is 11.8 Å². The summed E-state index contributed by atoms with van der Waals surface area (Å²) in [7, 11) is 0. The van der Waals surface area contributed by atoms with Gasteiger partial charge in [0.1, 0.15) is 6.61 Å². The van der Waals surface area contributed by atoms with Crippen molar-refractivity contribution in [3.63, 3.8) is 0 Å². The van der Waals surface area contributed by atoms with Gasteiger partial charge in [-0.3, -0.25) is 0 Å². The summed E-state index contributed by atoms with van der Waals surface area (Å²) < 4.78 is 5.01. The van der Waals surface area contributed by atoms with Crippen LogP contribution < -0.4 is 0 Å². The van der Waals surface area contributed by atoms with Crippen LogP contribution in [-0.2, 0) is 4.74 Å². The standard InChI is InChI=1S/C16H20O3/c1-2-3-4-5-9-12-15(17)13-19-16(18)14-10-7-6-8-11-14/h6-8,10-11,15,17H,2-4,12-13H2,1H3. The number of carbonyl (C=O) groups excluding carboxylic acids is 1. The van der Waals surface area contributed by atoms with Crippen LogP contribution in [0, 0.1) is 11.8 Å². The lowest BCUT2D eigenvalue weighted by atomic mass is 10.2. The molecule has 0 radical (unpaired) electrons. The van der Waals surface area contributed by atoms with Gasteiger partial charge >= 0.3 is 5.97 Å². The van der Waals surface area contributed by atoms with Gasteiger partial charge in [0.25, 0.3) is 0 Å². The minimum atomic E-state index is -0.721. The molecule has 0 spiro atoms. The van der Waals surface area contributed by atoms with Crippen molar-refractivity contribution < 1.29 is 14.6 Å². The predicted octanol–water partition coefficient (Wildman–Crippen LogP) is 2.79. The molecule has 1 unspecified atom stereocenters. The molecule has 1 rings (SSSR count). The van der Waals surface area contributed by atoms with E-state index < -0.39 is 12.1 Å². The smallest absolute Gasteiger partial charge is 0.338 e. The molecule has 3 nitrogen and oxygen atoms in total. The van der Waals surface area contributed by atoms with Crippen LogP contribution in [0.15, 0.2) is 30.3 Å². The van der Waals surface area contributed by atoms with Crippen molar-refractivity contribution in [1.82, 2.24) is 0 Å². The number of aliphatic hydroxyl groups excluding tert-OH is 1. The van der Waals surface area contributed by atoms with Crippen LogP contribution in [0.4, 0.5) is 0 Å². The highest BCUT2D eigenvalue weighted by molar-refractivity contribution is 5.89. The first-order valence-electron chi connectivity index (χ1n) is 6.60. The van der Waals surface area contributed by atoms with E-state index in [1.54, 1.807) is 24.3 Å². The second kappa shape index (κ2) is 9.18. The minimum absolute atomic E-state index is 0.0177. The predicted molar refractivity (Wildman–Crippen MR) is 74.6 cm³/mol. The molecule has 1 aromatic carbocycles. The van der Waals surface area contributed by atoms with Crippen LogP contribution in [0.2, 0.25) is 0 Å². The van der Waals surface area contributed by atoms with Crippen molar-refractivity contribution in [2.45, 2.75) is 38.7 Å². The number of benzene rings is 1. The summed E-state index contributed by atoms with van der Waals surface area (Å²) in [5.41, 5.74) is 0.490. The molecule has 0 aliphatic heterocycles. The molecule has 1 N–H and O–H groups in total. The van der Waals surface area contributed by atoms with Crippen LogP contribution in [0.25, 0.3) is 0 Å². The van der Waals surface area contributed by atoms with E-state index >= 15 is 0 Å². The SMILES string of the molecule is CCCCC#CCC(O)COC(=O)c1ccccc1. The lowest BCUT2D eigenvalue weighted by Gasteiger charge is -2.08. The molecular formula is C16H20O3. The molecule has 0 saturated heterocycles. The number of hydrogen-bond donors (Lipinski definition) is 1. The zero-order valence-corrected chi connectivity index (χ0v) is 11.3. The van der Waals surface area contributed by atoms with E-state index in [4.69, 9.17) is 4.74 Å². The number of ether oxygens (including phenoxy) is 1. The van der Waals surface area contributed by atoms with Crippen LogP contribution >= 0.6 is 0 Å². The summed E-state index contributed by atoms with van der Waals surface area (Å²) in [5, 5.41) is 9.62. The zero-order valence-electron chi connectivity index (χ0n) is 11.3. The number of hydrogen-bond acceptors (Lipinski definition) is 3. The monoisotopic (exact) mass is 260 g/mol. The maximum absolute atomic E-state index is 11.6. The van der Waals surface area contributed by atoms with E-state index in [2.05, 4.69) is 18.8 Å². The van der Waals surface area contributed by atoms with Gasteiger partial charge in [0.05, 0.1) is 11.7 Å². The maximum atomic E-state index is 11.6. The Morgan fingerprint density at radius 1 is 1.32 bits per heavy atom. The van der Waals surface area contributed by atoms with E-state index in [-0.39, 0.29) is 6.61 Å². The molecule has 102 valence electrons. The van der Waals surface area contributed by atoms with Crippen molar-refractivity contribution in [2.24, 2.45) is 0 Å². The second-order valence-corrected chi connectivity index (χ2v) is 4.28. The number of aliphatic hydroxyl groups is 1. The molecule has 0 heterocycles. The Kier molecular flexibility index (Phi) is 7.38. The Morgan fingerprint density at radius 2 is 2.05 bits per heavy atom. The molecule has 1 atom stereocenters. The molecular weight excluding hydrogens is 240 g/mol. The molecule has 0 bridgehead atoms. The number of esters is 1. The summed E-state index contributed by atoms with van der Waals surface area (Å²) in [4.78, 5) is 11.6. The highest BCUT2D eigenvalue weighted by Crippen LogP contribution is 2.02. The normalized spacial score (nSPS) is 11.3. The molecule has 0 fully saturated rings. The lowest BCUT2D eigenvalue weighted by molar-refractivity contribution is 0.0269. The summed E-state index contributed by atoms with van der Waals surface area (Å²) in [6, 6.07) is 8.73. The average Bonchev–Trinajstić information content (AvgIpc) is 2.45. The molecule has 0 amide bonds. The van der Waals surface area contributed by atoms with E-state index in [0.717, 1.165) is 19.3 Å². The van der Waals surface area contributed by atoms with Gasteiger partial charge < -0.3 is 9.84 Å². The van der Waals surface area contributed by atoms with Crippen molar-refractivity contribution in [1.29, 1.82) is 0 Å². The van der Waals surface area contributed by atoms with Gasteiger partial charge in [-0.1, -0.05) is 31.5 Å². The van der Waals surface area contributed by atoms with E-state index in [1.165, 1.54) is 0 Å². The first-order valence-corrected chi connectivity index (χ1v) is 6.60. The van der Waals surface area contributed by atoms with E-state index in [9.17, 15) is 9.90 Å². The van der Waals surface area contributed by atoms with Gasteiger partial charge in [-0.25, -0.2) is 4.79 Å². The Labute approximate surface area is 114 Å². The summed E-state index contributed by atoms with van der Waals surface area (Å²) in [5.74, 6) is 5.46. The molecule has 0 aliphatic carbocycles. The quantitative estimate of drug-likeness (QED) is 0.486. The van der Waals surface area contributed by atoms with Crippen molar-refractivity contribution in [3.05, 3.63) is 35.9 Å². The molecule has 19 heavy (non-hydrogen) atoms. The van der Waals surface area contributed by atoms with Crippen molar-refractivity contribution in [2.75, 3.05) is 6.61 Å². The molecule has 3 heteroatoms.